The van der Waals surface area contributed by atoms with Crippen LogP contribution in [-0.2, 0) is 19.4 Å². The Morgan fingerprint density at radius 2 is 1.75 bits per heavy atom. The summed E-state index contributed by atoms with van der Waals surface area (Å²) in [4.78, 5) is 10.1. The molecule has 0 aromatic heterocycles. The molecule has 0 spiro atoms. The van der Waals surface area contributed by atoms with Gasteiger partial charge >= 0.3 is 5.97 Å². The topological polar surface area (TPSA) is 121 Å². The van der Waals surface area contributed by atoms with Crippen LogP contribution in [0.2, 0.25) is 0 Å². The van der Waals surface area contributed by atoms with Crippen molar-refractivity contribution in [3.8, 4) is 0 Å². The SMILES string of the molecule is COC(=O)CC[C@@H](C)[C@H]1CC[C@H]2[C@@H]3[C@H](O)C[C@@H]4C[C@@](O)(S(=O)(=O)c5ccc(C)cc5)CC[C@]4(C)[C@H]3C[C@H](O)[C@]12C. The molecule has 0 radical (unpaired) electrons. The first kappa shape index (κ1) is 30.0. The van der Waals surface area contributed by atoms with Gasteiger partial charge in [0.2, 0.25) is 9.84 Å². The Morgan fingerprint density at radius 1 is 1.07 bits per heavy atom. The van der Waals surface area contributed by atoms with Crippen LogP contribution in [0, 0.1) is 53.3 Å². The minimum Gasteiger partial charge on any atom is -0.469 e. The van der Waals surface area contributed by atoms with E-state index in [1.165, 1.54) is 7.11 Å². The number of aryl methyl sites for hydroxylation is 1. The van der Waals surface area contributed by atoms with E-state index in [1.54, 1.807) is 24.3 Å². The molecule has 7 nitrogen and oxygen atoms in total. The molecule has 3 N–H and O–H groups in total. The van der Waals surface area contributed by atoms with E-state index in [4.69, 9.17) is 4.74 Å². The fourth-order valence-corrected chi connectivity index (χ4v) is 11.7. The summed E-state index contributed by atoms with van der Waals surface area (Å²) in [6.45, 7) is 8.47. The van der Waals surface area contributed by atoms with Crippen molar-refractivity contribution in [2.45, 2.75) is 108 Å². The lowest BCUT2D eigenvalue weighted by Crippen LogP contribution is -2.63. The Kier molecular flexibility index (Phi) is 7.76. The third-order valence-electron chi connectivity index (χ3n) is 12.4. The monoisotopic (exact) mass is 576 g/mol. The lowest BCUT2D eigenvalue weighted by Gasteiger charge is -2.64. The zero-order valence-electron chi connectivity index (χ0n) is 24.7. The predicted molar refractivity (Wildman–Crippen MR) is 152 cm³/mol. The number of benzene rings is 1. The molecule has 4 aliphatic rings. The Hall–Kier alpha value is -1.48. The van der Waals surface area contributed by atoms with Gasteiger partial charge in [0.25, 0.3) is 0 Å². The number of hydrogen-bond acceptors (Lipinski definition) is 7. The van der Waals surface area contributed by atoms with E-state index in [1.807, 2.05) is 6.92 Å². The van der Waals surface area contributed by atoms with E-state index in [-0.39, 0.29) is 70.0 Å². The van der Waals surface area contributed by atoms with Crippen LogP contribution in [0.4, 0.5) is 0 Å². The van der Waals surface area contributed by atoms with E-state index in [2.05, 4.69) is 20.8 Å². The van der Waals surface area contributed by atoms with Crippen molar-refractivity contribution in [2.24, 2.45) is 46.3 Å². The Balaban J connectivity index is 1.39. The Labute approximate surface area is 239 Å². The van der Waals surface area contributed by atoms with Gasteiger partial charge in [0.1, 0.15) is 0 Å². The number of methoxy groups -OCH3 is 1. The number of hydrogen-bond donors (Lipinski definition) is 3. The first-order valence-electron chi connectivity index (χ1n) is 15.2. The number of ether oxygens (including phenoxy) is 1. The number of rotatable bonds is 6. The van der Waals surface area contributed by atoms with Crippen molar-refractivity contribution < 1.29 is 33.3 Å². The van der Waals surface area contributed by atoms with Gasteiger partial charge in [-0.1, -0.05) is 38.5 Å². The van der Waals surface area contributed by atoms with Crippen LogP contribution in [0.25, 0.3) is 0 Å². The molecule has 0 aliphatic heterocycles. The summed E-state index contributed by atoms with van der Waals surface area (Å²) in [6.07, 6.45) is 3.69. The van der Waals surface area contributed by atoms with Gasteiger partial charge in [-0.05, 0) is 117 Å². The zero-order chi connectivity index (χ0) is 29.3. The summed E-state index contributed by atoms with van der Waals surface area (Å²) in [5.41, 5.74) is 0.347. The number of aliphatic hydroxyl groups is 3. The van der Waals surface area contributed by atoms with Crippen molar-refractivity contribution in [2.75, 3.05) is 7.11 Å². The first-order valence-corrected chi connectivity index (χ1v) is 16.6. The number of sulfone groups is 1. The first-order chi connectivity index (χ1) is 18.7. The molecule has 8 heteroatoms. The third-order valence-corrected chi connectivity index (χ3v) is 14.7. The Bertz CT molecular complexity index is 1210. The molecule has 0 bridgehead atoms. The molecule has 4 saturated carbocycles. The largest absolute Gasteiger partial charge is 0.469 e. The third kappa shape index (κ3) is 4.47. The number of esters is 1. The minimum absolute atomic E-state index is 0.0346. The number of carbonyl (C=O) groups is 1. The summed E-state index contributed by atoms with van der Waals surface area (Å²) in [7, 11) is -2.57. The van der Waals surface area contributed by atoms with Crippen LogP contribution in [0.5, 0.6) is 0 Å². The molecular weight excluding hydrogens is 528 g/mol. The zero-order valence-corrected chi connectivity index (χ0v) is 25.5. The summed E-state index contributed by atoms with van der Waals surface area (Å²) < 4.78 is 32.1. The van der Waals surface area contributed by atoms with Crippen LogP contribution in [0.3, 0.4) is 0 Å². The van der Waals surface area contributed by atoms with Gasteiger partial charge in [-0.3, -0.25) is 4.79 Å². The molecule has 224 valence electrons. The van der Waals surface area contributed by atoms with Crippen molar-refractivity contribution >= 4 is 15.8 Å². The lowest BCUT2D eigenvalue weighted by atomic mass is 9.43. The quantitative estimate of drug-likeness (QED) is 0.422. The molecule has 4 fully saturated rings. The number of fused-ring (bicyclic) bond motifs is 5. The van der Waals surface area contributed by atoms with Crippen LogP contribution in [-0.4, -0.2) is 54.0 Å². The standard InChI is InChI=1S/C32H48O7S/c1-19-6-9-22(10-7-19)40(37,38)32(36)15-14-30(3)21(18-32)16-26(33)29-24-12-11-23(20(2)8-13-28(35)39-5)31(24,4)27(34)17-25(29)30/h6-7,9-10,20-21,23-27,29,33-34,36H,8,11-18H2,1-5H3/t20-,21-,23-,24+,25+,26-,27+,29+,30+,31-,32+/m1/s1. The molecule has 1 aromatic rings. The van der Waals surface area contributed by atoms with Crippen LogP contribution >= 0.6 is 0 Å². The summed E-state index contributed by atoms with van der Waals surface area (Å²) in [5.74, 6) is 0.400. The van der Waals surface area contributed by atoms with Gasteiger partial charge in [-0.25, -0.2) is 8.42 Å². The summed E-state index contributed by atoms with van der Waals surface area (Å²) >= 11 is 0. The van der Waals surface area contributed by atoms with Gasteiger partial charge < -0.3 is 20.1 Å². The number of aliphatic hydroxyl groups excluding tert-OH is 2. The van der Waals surface area contributed by atoms with Crippen molar-refractivity contribution in [1.82, 2.24) is 0 Å². The second-order valence-corrected chi connectivity index (χ2v) is 16.4. The molecule has 0 unspecified atom stereocenters. The fourth-order valence-electron chi connectivity index (χ4n) is 9.94. The van der Waals surface area contributed by atoms with Crippen molar-refractivity contribution in [3.63, 3.8) is 0 Å². The lowest BCUT2D eigenvalue weighted by molar-refractivity contribution is -0.209. The molecule has 0 saturated heterocycles. The molecule has 5 rings (SSSR count). The highest BCUT2D eigenvalue weighted by atomic mass is 32.2. The normalized spacial score (nSPS) is 43.8. The molecule has 4 aliphatic carbocycles. The fraction of sp³-hybridized carbons (Fsp3) is 0.781. The van der Waals surface area contributed by atoms with Gasteiger partial charge in [-0.15, -0.1) is 0 Å². The smallest absolute Gasteiger partial charge is 0.305 e. The van der Waals surface area contributed by atoms with Crippen molar-refractivity contribution in [3.05, 3.63) is 29.8 Å². The molecule has 1 aromatic carbocycles. The molecule has 0 amide bonds. The van der Waals surface area contributed by atoms with Crippen LogP contribution in [0.15, 0.2) is 29.2 Å². The highest BCUT2D eigenvalue weighted by Crippen LogP contribution is 2.69. The van der Waals surface area contributed by atoms with Crippen LogP contribution in [0.1, 0.15) is 84.1 Å². The van der Waals surface area contributed by atoms with Crippen LogP contribution < -0.4 is 0 Å². The Morgan fingerprint density at radius 3 is 2.40 bits per heavy atom. The minimum atomic E-state index is -3.98. The molecule has 0 heterocycles. The second-order valence-electron chi connectivity index (χ2n) is 14.2. The summed E-state index contributed by atoms with van der Waals surface area (Å²) in [6, 6.07) is 6.65. The highest BCUT2D eigenvalue weighted by molar-refractivity contribution is 7.92. The second kappa shape index (κ2) is 10.4. The van der Waals surface area contributed by atoms with E-state index in [9.17, 15) is 28.5 Å². The van der Waals surface area contributed by atoms with Gasteiger partial charge in [-0.2, -0.15) is 0 Å². The molecule has 11 atom stereocenters. The highest BCUT2D eigenvalue weighted by Gasteiger charge is 2.67. The predicted octanol–water partition coefficient (Wildman–Crippen LogP) is 4.65. The van der Waals surface area contributed by atoms with E-state index < -0.39 is 27.0 Å². The average molecular weight is 577 g/mol. The van der Waals surface area contributed by atoms with E-state index >= 15 is 0 Å². The molecule has 40 heavy (non-hydrogen) atoms. The van der Waals surface area contributed by atoms with E-state index in [0.717, 1.165) is 24.8 Å². The van der Waals surface area contributed by atoms with E-state index in [0.29, 0.717) is 25.7 Å². The van der Waals surface area contributed by atoms with Crippen molar-refractivity contribution in [1.29, 1.82) is 0 Å². The molecular formula is C32H48O7S. The maximum atomic E-state index is 13.6. The van der Waals surface area contributed by atoms with Gasteiger partial charge in [0, 0.05) is 6.42 Å². The van der Waals surface area contributed by atoms with Gasteiger partial charge in [0.05, 0.1) is 24.2 Å². The number of carbonyl (C=O) groups excluding carboxylic acids is 1. The maximum Gasteiger partial charge on any atom is 0.305 e. The van der Waals surface area contributed by atoms with Gasteiger partial charge in [0.15, 0.2) is 4.93 Å². The average Bonchev–Trinajstić information content (AvgIpc) is 3.27. The summed E-state index contributed by atoms with van der Waals surface area (Å²) in [5, 5.41) is 35.1. The maximum absolute atomic E-state index is 13.6.